The van der Waals surface area contributed by atoms with E-state index in [1.165, 1.54) is 4.90 Å². The molecule has 9 heteroatoms. The number of sulfonamides is 1. The van der Waals surface area contributed by atoms with Crippen molar-refractivity contribution in [2.45, 2.75) is 95.7 Å². The highest BCUT2D eigenvalue weighted by Gasteiger charge is 2.47. The van der Waals surface area contributed by atoms with Crippen LogP contribution >= 0.6 is 0 Å². The van der Waals surface area contributed by atoms with E-state index in [0.717, 1.165) is 35.1 Å². The summed E-state index contributed by atoms with van der Waals surface area (Å²) in [6.45, 7) is 7.44. The van der Waals surface area contributed by atoms with Gasteiger partial charge in [0.25, 0.3) is 0 Å². The van der Waals surface area contributed by atoms with Crippen molar-refractivity contribution in [3.63, 3.8) is 0 Å². The average Bonchev–Trinajstić information content (AvgIpc) is 3.21. The van der Waals surface area contributed by atoms with Crippen LogP contribution in [-0.4, -0.2) is 60.6 Å². The Hall–Kier alpha value is -2.26. The number of amides is 3. The number of nitrogens with zero attached hydrogens (tertiary/aromatic N) is 2. The molecule has 3 aliphatic heterocycles. The first-order valence-corrected chi connectivity index (χ1v) is 13.2. The van der Waals surface area contributed by atoms with Gasteiger partial charge in [-0.1, -0.05) is 6.07 Å². The molecule has 0 spiro atoms. The highest BCUT2D eigenvalue weighted by molar-refractivity contribution is 7.89. The van der Waals surface area contributed by atoms with Crippen molar-refractivity contribution in [1.29, 1.82) is 0 Å². The zero-order chi connectivity index (χ0) is 24.1. The van der Waals surface area contributed by atoms with Gasteiger partial charge in [-0.15, -0.1) is 0 Å². The van der Waals surface area contributed by atoms with E-state index >= 15 is 0 Å². The minimum Gasteiger partial charge on any atom is -0.337 e. The van der Waals surface area contributed by atoms with E-state index in [0.29, 0.717) is 17.7 Å². The van der Waals surface area contributed by atoms with E-state index in [-0.39, 0.29) is 61.7 Å². The lowest BCUT2D eigenvalue weighted by molar-refractivity contribution is -0.144. The molecule has 1 aromatic carbocycles. The van der Waals surface area contributed by atoms with E-state index in [4.69, 9.17) is 0 Å². The van der Waals surface area contributed by atoms with Gasteiger partial charge in [0.2, 0.25) is 27.7 Å². The summed E-state index contributed by atoms with van der Waals surface area (Å²) in [5.74, 6) is -0.275. The molecule has 8 nitrogen and oxygen atoms in total. The third-order valence-corrected chi connectivity index (χ3v) is 9.38. The highest BCUT2D eigenvalue weighted by Crippen LogP contribution is 2.39. The number of carbonyl (C=O) groups is 3. The van der Waals surface area contributed by atoms with Crippen LogP contribution < -0.4 is 4.72 Å². The summed E-state index contributed by atoms with van der Waals surface area (Å²) < 4.78 is 28.7. The summed E-state index contributed by atoms with van der Waals surface area (Å²) in [5.41, 5.74) is 3.29. The highest BCUT2D eigenvalue weighted by atomic mass is 32.2. The number of aryl methyl sites for hydroxylation is 2. The topological polar surface area (TPSA) is 104 Å². The van der Waals surface area contributed by atoms with Crippen molar-refractivity contribution in [3.8, 4) is 0 Å². The number of fused-ring (bicyclic) bond motifs is 2. The molecule has 3 heterocycles. The van der Waals surface area contributed by atoms with Crippen LogP contribution in [0.2, 0.25) is 0 Å². The molecule has 0 aliphatic carbocycles. The molecule has 3 fully saturated rings. The van der Waals surface area contributed by atoms with Gasteiger partial charge in [-0.25, -0.2) is 13.1 Å². The number of hydrogen-bond donors (Lipinski definition) is 1. The number of rotatable bonds is 6. The number of nitrogens with one attached hydrogen (secondary N) is 1. The molecule has 3 saturated heterocycles. The number of carbonyl (C=O) groups excluding carboxylic acids is 3. The maximum Gasteiger partial charge on any atom is 0.241 e. The first-order valence-electron chi connectivity index (χ1n) is 11.7. The van der Waals surface area contributed by atoms with Crippen molar-refractivity contribution >= 4 is 27.7 Å². The predicted octanol–water partition coefficient (Wildman–Crippen LogP) is 2.26. The third-order valence-electron chi connectivity index (χ3n) is 7.65. The number of piperidine rings is 1. The zero-order valence-corrected chi connectivity index (χ0v) is 20.6. The van der Waals surface area contributed by atoms with Crippen LogP contribution in [0, 0.1) is 27.7 Å². The smallest absolute Gasteiger partial charge is 0.241 e. The lowest BCUT2D eigenvalue weighted by atomic mass is 9.95. The first-order chi connectivity index (χ1) is 15.5. The van der Waals surface area contributed by atoms with Gasteiger partial charge in [0.05, 0.1) is 4.90 Å². The van der Waals surface area contributed by atoms with Gasteiger partial charge in [0.1, 0.15) is 0 Å². The molecule has 3 amide bonds. The summed E-state index contributed by atoms with van der Waals surface area (Å²) in [6.07, 6.45) is 3.60. The van der Waals surface area contributed by atoms with Crippen LogP contribution in [0.4, 0.5) is 0 Å². The second kappa shape index (κ2) is 8.83. The normalized spacial score (nSPS) is 25.3. The fourth-order valence-electron chi connectivity index (χ4n) is 5.84. The standard InChI is InChI=1S/C24H33N3O5S/c1-14-11-15(2)17(4)24(16(14)3)33(31,32)25-10-9-23(30)26-18-5-6-19(26)13-20(12-18)27-21(28)7-8-22(27)29/h11,18-20,25H,5-10,12-13H2,1-4H3. The Bertz CT molecular complexity index is 1060. The van der Waals surface area contributed by atoms with Gasteiger partial charge >= 0.3 is 0 Å². The largest absolute Gasteiger partial charge is 0.337 e. The predicted molar refractivity (Wildman–Crippen MR) is 123 cm³/mol. The van der Waals surface area contributed by atoms with Crippen molar-refractivity contribution in [3.05, 3.63) is 28.3 Å². The molecule has 0 aromatic heterocycles. The second-order valence-electron chi connectivity index (χ2n) is 9.71. The van der Waals surface area contributed by atoms with Gasteiger partial charge in [0, 0.05) is 43.9 Å². The SMILES string of the molecule is Cc1cc(C)c(C)c(S(=O)(=O)NCCC(=O)N2C3CCC2CC(N2C(=O)CCC2=O)C3)c1C. The summed E-state index contributed by atoms with van der Waals surface area (Å²) in [6, 6.07) is 1.87. The molecule has 1 N–H and O–H groups in total. The minimum atomic E-state index is -3.74. The Morgan fingerprint density at radius 2 is 1.45 bits per heavy atom. The van der Waals surface area contributed by atoms with Crippen LogP contribution in [0.1, 0.15) is 67.2 Å². The molecule has 2 unspecified atom stereocenters. The molecule has 4 rings (SSSR count). The molecule has 0 radical (unpaired) electrons. The molecular weight excluding hydrogens is 442 g/mol. The van der Waals surface area contributed by atoms with E-state index in [1.54, 1.807) is 13.8 Å². The Labute approximate surface area is 195 Å². The fraction of sp³-hybridized carbons (Fsp3) is 0.625. The fourth-order valence-corrected chi connectivity index (χ4v) is 7.49. The van der Waals surface area contributed by atoms with Gasteiger partial charge < -0.3 is 4.90 Å². The maximum atomic E-state index is 13.0. The summed E-state index contributed by atoms with van der Waals surface area (Å²) in [5, 5.41) is 0. The Kier molecular flexibility index (Phi) is 6.39. The van der Waals surface area contributed by atoms with E-state index in [9.17, 15) is 22.8 Å². The molecule has 1 aromatic rings. The number of imide groups is 1. The van der Waals surface area contributed by atoms with Crippen LogP contribution in [0.3, 0.4) is 0 Å². The van der Waals surface area contributed by atoms with E-state index in [1.807, 2.05) is 24.8 Å². The summed E-state index contributed by atoms with van der Waals surface area (Å²) >= 11 is 0. The van der Waals surface area contributed by atoms with Crippen LogP contribution in [0.15, 0.2) is 11.0 Å². The summed E-state index contributed by atoms with van der Waals surface area (Å²) in [4.78, 5) is 40.9. The molecular formula is C24H33N3O5S. The van der Waals surface area contributed by atoms with E-state index in [2.05, 4.69) is 4.72 Å². The molecule has 2 bridgehead atoms. The molecule has 2 atom stereocenters. The Balaban J connectivity index is 1.39. The van der Waals surface area contributed by atoms with Gasteiger partial charge in [-0.3, -0.25) is 19.3 Å². The molecule has 3 aliphatic rings. The van der Waals surface area contributed by atoms with Crippen molar-refractivity contribution in [2.75, 3.05) is 6.54 Å². The van der Waals surface area contributed by atoms with Crippen LogP contribution in [0.5, 0.6) is 0 Å². The number of likely N-dealkylation sites (tertiary alicyclic amines) is 1. The van der Waals surface area contributed by atoms with Gasteiger partial charge in [0.15, 0.2) is 0 Å². The van der Waals surface area contributed by atoms with Gasteiger partial charge in [-0.2, -0.15) is 0 Å². The van der Waals surface area contributed by atoms with E-state index < -0.39 is 10.0 Å². The van der Waals surface area contributed by atoms with Crippen molar-refractivity contribution in [1.82, 2.24) is 14.5 Å². The zero-order valence-electron chi connectivity index (χ0n) is 19.8. The van der Waals surface area contributed by atoms with Crippen molar-refractivity contribution < 1.29 is 22.8 Å². The number of benzene rings is 1. The first kappa shape index (κ1) is 23.9. The van der Waals surface area contributed by atoms with Crippen LogP contribution in [0.25, 0.3) is 0 Å². The van der Waals surface area contributed by atoms with Crippen LogP contribution in [-0.2, 0) is 24.4 Å². The van der Waals surface area contributed by atoms with Gasteiger partial charge in [-0.05, 0) is 75.6 Å². The quantitative estimate of drug-likeness (QED) is 0.636. The third kappa shape index (κ3) is 4.33. The Morgan fingerprint density at radius 3 is 1.97 bits per heavy atom. The maximum absolute atomic E-state index is 13.0. The molecule has 180 valence electrons. The second-order valence-corrected chi connectivity index (χ2v) is 11.4. The Morgan fingerprint density at radius 1 is 0.939 bits per heavy atom. The average molecular weight is 476 g/mol. The lowest BCUT2D eigenvalue weighted by Crippen LogP contribution is -2.54. The molecule has 0 saturated carbocycles. The van der Waals surface area contributed by atoms with Crippen molar-refractivity contribution in [2.24, 2.45) is 0 Å². The minimum absolute atomic E-state index is 0.00275. The molecule has 33 heavy (non-hydrogen) atoms. The summed E-state index contributed by atoms with van der Waals surface area (Å²) in [7, 11) is -3.74. The lowest BCUT2D eigenvalue weighted by Gasteiger charge is -2.41. The monoisotopic (exact) mass is 475 g/mol. The number of hydrogen-bond acceptors (Lipinski definition) is 5.